The molecule has 0 heterocycles. The van der Waals surface area contributed by atoms with Gasteiger partial charge in [-0.15, -0.1) is 0 Å². The first-order valence-electron chi connectivity index (χ1n) is 8.18. The van der Waals surface area contributed by atoms with Crippen LogP contribution in [0.5, 0.6) is 0 Å². The van der Waals surface area contributed by atoms with E-state index >= 15 is 0 Å². The summed E-state index contributed by atoms with van der Waals surface area (Å²) in [6, 6.07) is 0. The summed E-state index contributed by atoms with van der Waals surface area (Å²) in [5, 5.41) is 0. The van der Waals surface area contributed by atoms with Crippen LogP contribution in [-0.2, 0) is 0 Å². The van der Waals surface area contributed by atoms with Crippen LogP contribution in [-0.4, -0.2) is 0 Å². The van der Waals surface area contributed by atoms with Crippen molar-refractivity contribution in [2.75, 3.05) is 0 Å². The van der Waals surface area contributed by atoms with Crippen LogP contribution >= 0.6 is 0 Å². The maximum Gasteiger partial charge on any atom is -0.0128 e. The van der Waals surface area contributed by atoms with Gasteiger partial charge < -0.3 is 0 Å². The first kappa shape index (κ1) is 17.0. The fourth-order valence-electron chi connectivity index (χ4n) is 2.75. The SMILES string of the molecule is CC1=CCC(C(C)C)=C(C)C=CCCCC(C)=CCC1. The fraction of sp³-hybridized carbons (Fsp3) is 0.600. The van der Waals surface area contributed by atoms with E-state index in [1.165, 1.54) is 43.3 Å². The Morgan fingerprint density at radius 3 is 2.30 bits per heavy atom. The highest BCUT2D eigenvalue weighted by Gasteiger charge is 2.05. The minimum Gasteiger partial charge on any atom is -0.0853 e. The van der Waals surface area contributed by atoms with Crippen molar-refractivity contribution in [2.45, 2.75) is 73.1 Å². The second-order valence-corrected chi connectivity index (χ2v) is 6.50. The summed E-state index contributed by atoms with van der Waals surface area (Å²) in [4.78, 5) is 0. The molecule has 0 fully saturated rings. The molecule has 112 valence electrons. The summed E-state index contributed by atoms with van der Waals surface area (Å²) in [6.45, 7) is 11.4. The Morgan fingerprint density at radius 1 is 0.900 bits per heavy atom. The highest BCUT2D eigenvalue weighted by Crippen LogP contribution is 2.22. The lowest BCUT2D eigenvalue weighted by Crippen LogP contribution is -1.97. The van der Waals surface area contributed by atoms with Crippen LogP contribution < -0.4 is 0 Å². The van der Waals surface area contributed by atoms with Crippen molar-refractivity contribution in [1.82, 2.24) is 0 Å². The summed E-state index contributed by atoms with van der Waals surface area (Å²) in [7, 11) is 0. The van der Waals surface area contributed by atoms with Crippen molar-refractivity contribution in [3.63, 3.8) is 0 Å². The maximum atomic E-state index is 2.43. The van der Waals surface area contributed by atoms with Gasteiger partial charge in [-0.1, -0.05) is 60.4 Å². The summed E-state index contributed by atoms with van der Waals surface area (Å²) in [5.41, 5.74) is 6.14. The van der Waals surface area contributed by atoms with E-state index in [4.69, 9.17) is 0 Å². The van der Waals surface area contributed by atoms with Crippen LogP contribution in [0.1, 0.15) is 73.1 Å². The van der Waals surface area contributed by atoms with Crippen molar-refractivity contribution >= 4 is 0 Å². The van der Waals surface area contributed by atoms with Crippen LogP contribution in [0.25, 0.3) is 0 Å². The van der Waals surface area contributed by atoms with E-state index in [9.17, 15) is 0 Å². The molecule has 0 aromatic heterocycles. The van der Waals surface area contributed by atoms with Gasteiger partial charge in [-0.2, -0.15) is 0 Å². The van der Waals surface area contributed by atoms with Gasteiger partial charge >= 0.3 is 0 Å². The van der Waals surface area contributed by atoms with Gasteiger partial charge in [-0.05, 0) is 65.2 Å². The van der Waals surface area contributed by atoms with Gasteiger partial charge in [0.15, 0.2) is 0 Å². The zero-order chi connectivity index (χ0) is 15.0. The Kier molecular flexibility index (Phi) is 7.65. The van der Waals surface area contributed by atoms with Crippen molar-refractivity contribution in [3.8, 4) is 0 Å². The lowest BCUT2D eigenvalue weighted by molar-refractivity contribution is 0.735. The minimum atomic E-state index is 0.638. The molecule has 0 aromatic carbocycles. The molecule has 0 aliphatic heterocycles. The van der Waals surface area contributed by atoms with E-state index in [0.717, 1.165) is 6.42 Å². The molecule has 0 bridgehead atoms. The predicted octanol–water partition coefficient (Wildman–Crippen LogP) is 6.76. The van der Waals surface area contributed by atoms with E-state index in [-0.39, 0.29) is 0 Å². The average Bonchev–Trinajstić information content (AvgIpc) is 2.37. The van der Waals surface area contributed by atoms with Crippen molar-refractivity contribution in [1.29, 1.82) is 0 Å². The first-order valence-corrected chi connectivity index (χ1v) is 8.18. The van der Waals surface area contributed by atoms with Gasteiger partial charge in [0, 0.05) is 0 Å². The van der Waals surface area contributed by atoms with E-state index in [0.29, 0.717) is 5.92 Å². The summed E-state index contributed by atoms with van der Waals surface area (Å²) < 4.78 is 0. The molecule has 0 heteroatoms. The number of hydrogen-bond acceptors (Lipinski definition) is 0. The van der Waals surface area contributed by atoms with Gasteiger partial charge in [0.1, 0.15) is 0 Å². The minimum absolute atomic E-state index is 0.638. The molecule has 0 amide bonds. The van der Waals surface area contributed by atoms with E-state index in [1.807, 2.05) is 0 Å². The van der Waals surface area contributed by atoms with Crippen LogP contribution in [0.4, 0.5) is 0 Å². The average molecular weight is 272 g/mol. The molecule has 0 aromatic rings. The molecule has 0 N–H and O–H groups in total. The highest BCUT2D eigenvalue weighted by molar-refractivity contribution is 5.27. The van der Waals surface area contributed by atoms with E-state index in [1.54, 1.807) is 11.1 Å². The van der Waals surface area contributed by atoms with Gasteiger partial charge in [0.25, 0.3) is 0 Å². The maximum absolute atomic E-state index is 2.43. The van der Waals surface area contributed by atoms with Crippen LogP contribution in [0.3, 0.4) is 0 Å². The number of hydrogen-bond donors (Lipinski definition) is 0. The molecule has 0 atom stereocenters. The molecule has 0 nitrogen and oxygen atoms in total. The molecule has 0 saturated carbocycles. The molecule has 0 unspecified atom stereocenters. The second-order valence-electron chi connectivity index (χ2n) is 6.50. The normalized spacial score (nSPS) is 19.7. The van der Waals surface area contributed by atoms with Gasteiger partial charge in [0.2, 0.25) is 0 Å². The van der Waals surface area contributed by atoms with E-state index < -0.39 is 0 Å². The zero-order valence-electron chi connectivity index (χ0n) is 14.1. The topological polar surface area (TPSA) is 0 Å². The van der Waals surface area contributed by atoms with Crippen molar-refractivity contribution in [3.05, 3.63) is 46.6 Å². The number of allylic oxidation sites excluding steroid dienone is 8. The quantitative estimate of drug-likeness (QED) is 0.462. The monoisotopic (exact) mass is 272 g/mol. The fourth-order valence-corrected chi connectivity index (χ4v) is 2.75. The third-order valence-electron chi connectivity index (χ3n) is 4.22. The molecule has 1 aliphatic rings. The predicted molar refractivity (Wildman–Crippen MR) is 91.9 cm³/mol. The molecular formula is C20H32. The molecule has 1 aliphatic carbocycles. The van der Waals surface area contributed by atoms with Crippen LogP contribution in [0, 0.1) is 5.92 Å². The van der Waals surface area contributed by atoms with Crippen molar-refractivity contribution < 1.29 is 0 Å². The Bertz CT molecular complexity index is 413. The van der Waals surface area contributed by atoms with Crippen LogP contribution in [0.2, 0.25) is 0 Å². The molecule has 0 saturated heterocycles. The van der Waals surface area contributed by atoms with Crippen molar-refractivity contribution in [2.24, 2.45) is 5.92 Å². The Morgan fingerprint density at radius 2 is 1.60 bits per heavy atom. The molecule has 0 radical (unpaired) electrons. The Hall–Kier alpha value is -1.04. The number of rotatable bonds is 1. The largest absolute Gasteiger partial charge is 0.0853 e. The van der Waals surface area contributed by atoms with Gasteiger partial charge in [-0.3, -0.25) is 0 Å². The van der Waals surface area contributed by atoms with Gasteiger partial charge in [-0.25, -0.2) is 0 Å². The smallest absolute Gasteiger partial charge is 0.0128 e. The first-order chi connectivity index (χ1) is 9.50. The lowest BCUT2D eigenvalue weighted by Gasteiger charge is -2.13. The molecule has 0 spiro atoms. The summed E-state index contributed by atoms with van der Waals surface area (Å²) in [5.74, 6) is 0.638. The zero-order valence-corrected chi connectivity index (χ0v) is 14.1. The highest BCUT2D eigenvalue weighted by atomic mass is 14.1. The Labute approximate surface area is 126 Å². The molecular weight excluding hydrogens is 240 g/mol. The third kappa shape index (κ3) is 6.41. The lowest BCUT2D eigenvalue weighted by atomic mass is 9.93. The molecule has 1 rings (SSSR count). The van der Waals surface area contributed by atoms with E-state index in [2.05, 4.69) is 58.9 Å². The standard InChI is InChI=1S/C20H32/c1-16(2)20-15-14-18(4)12-9-11-17(3)10-7-6-8-13-19(20)5/h8,11,13-14,16H,6-7,9-10,12,15H2,1-5H3. The van der Waals surface area contributed by atoms with Gasteiger partial charge in [0.05, 0.1) is 0 Å². The second kappa shape index (κ2) is 9.00. The Balaban J connectivity index is 2.90. The summed E-state index contributed by atoms with van der Waals surface area (Å²) >= 11 is 0. The summed E-state index contributed by atoms with van der Waals surface area (Å²) in [6.07, 6.45) is 16.8. The van der Waals surface area contributed by atoms with Crippen LogP contribution in [0.15, 0.2) is 46.6 Å². The third-order valence-corrected chi connectivity index (χ3v) is 4.22. The molecule has 20 heavy (non-hydrogen) atoms.